The molecular formula is C15H16O2. The number of hydrogen-bond acceptors (Lipinski definition) is 2. The molecule has 2 nitrogen and oxygen atoms in total. The van der Waals surface area contributed by atoms with Crippen LogP contribution in [0.3, 0.4) is 0 Å². The molecule has 2 heteroatoms. The molecule has 1 aliphatic carbocycles. The third-order valence-electron chi connectivity index (χ3n) is 2.86. The van der Waals surface area contributed by atoms with Crippen LogP contribution in [0.1, 0.15) is 18.1 Å². The molecule has 88 valence electrons. The van der Waals surface area contributed by atoms with Crippen molar-refractivity contribution in [1.82, 2.24) is 0 Å². The summed E-state index contributed by atoms with van der Waals surface area (Å²) in [5.74, 6) is -0.0366. The summed E-state index contributed by atoms with van der Waals surface area (Å²) in [6.45, 7) is 5.65. The van der Waals surface area contributed by atoms with Gasteiger partial charge in [-0.05, 0) is 24.5 Å². The molecule has 0 heterocycles. The molecule has 1 atom stereocenters. The molecular weight excluding hydrogens is 212 g/mol. The van der Waals surface area contributed by atoms with Crippen LogP contribution in [0.25, 0.3) is 6.08 Å². The zero-order valence-electron chi connectivity index (χ0n) is 9.98. The van der Waals surface area contributed by atoms with Gasteiger partial charge in [0.25, 0.3) is 0 Å². The highest BCUT2D eigenvalue weighted by atomic mass is 16.5. The van der Waals surface area contributed by atoms with Crippen LogP contribution >= 0.6 is 0 Å². The van der Waals surface area contributed by atoms with E-state index in [2.05, 4.69) is 30.9 Å². The smallest absolute Gasteiger partial charge is 0.333 e. The van der Waals surface area contributed by atoms with Gasteiger partial charge in [0.15, 0.2) is 0 Å². The third kappa shape index (κ3) is 2.84. The van der Waals surface area contributed by atoms with E-state index in [0.717, 1.165) is 6.42 Å². The van der Waals surface area contributed by atoms with Gasteiger partial charge in [-0.25, -0.2) is 4.79 Å². The molecule has 2 rings (SSSR count). The van der Waals surface area contributed by atoms with Gasteiger partial charge in [-0.2, -0.15) is 0 Å². The molecule has 0 spiro atoms. The second kappa shape index (κ2) is 5.00. The first-order valence-electron chi connectivity index (χ1n) is 5.75. The number of benzene rings is 1. The van der Waals surface area contributed by atoms with Crippen LogP contribution in [0.2, 0.25) is 0 Å². The number of carbonyl (C=O) groups excluding carboxylic acids is 1. The molecule has 17 heavy (non-hydrogen) atoms. The van der Waals surface area contributed by atoms with Crippen LogP contribution in [0.15, 0.2) is 42.5 Å². The largest absolute Gasteiger partial charge is 0.462 e. The Morgan fingerprint density at radius 3 is 3.00 bits per heavy atom. The highest BCUT2D eigenvalue weighted by molar-refractivity contribution is 5.86. The molecule has 0 fully saturated rings. The molecule has 1 aromatic carbocycles. The van der Waals surface area contributed by atoms with Gasteiger partial charge in [0, 0.05) is 11.5 Å². The average molecular weight is 228 g/mol. The third-order valence-corrected chi connectivity index (χ3v) is 2.86. The molecule has 0 unspecified atom stereocenters. The van der Waals surface area contributed by atoms with Crippen molar-refractivity contribution in [3.05, 3.63) is 53.6 Å². The van der Waals surface area contributed by atoms with Crippen molar-refractivity contribution >= 4 is 12.0 Å². The number of hydrogen-bond donors (Lipinski definition) is 0. The van der Waals surface area contributed by atoms with E-state index in [4.69, 9.17) is 4.74 Å². The summed E-state index contributed by atoms with van der Waals surface area (Å²) in [6.07, 6.45) is 5.13. The van der Waals surface area contributed by atoms with Crippen LogP contribution in [-0.2, 0) is 16.0 Å². The van der Waals surface area contributed by atoms with E-state index in [1.807, 2.05) is 12.1 Å². The van der Waals surface area contributed by atoms with Crippen LogP contribution in [-0.4, -0.2) is 12.6 Å². The monoisotopic (exact) mass is 228 g/mol. The second-order valence-electron chi connectivity index (χ2n) is 4.40. The topological polar surface area (TPSA) is 26.3 Å². The molecule has 1 aromatic rings. The van der Waals surface area contributed by atoms with Crippen LogP contribution in [0, 0.1) is 5.92 Å². The lowest BCUT2D eigenvalue weighted by atomic mass is 9.90. The van der Waals surface area contributed by atoms with Crippen molar-refractivity contribution in [1.29, 1.82) is 0 Å². The predicted octanol–water partition coefficient (Wildman–Crippen LogP) is 2.99. The van der Waals surface area contributed by atoms with Crippen molar-refractivity contribution in [3.63, 3.8) is 0 Å². The number of carbonyl (C=O) groups is 1. The Labute approximate surface area is 102 Å². The maximum Gasteiger partial charge on any atom is 0.333 e. The SMILES string of the molecule is C=C(C)C(=O)OC[C@@H]1C=Cc2ccccc2C1. The normalized spacial score (nSPS) is 17.4. The van der Waals surface area contributed by atoms with Gasteiger partial charge in [0.2, 0.25) is 0 Å². The Balaban J connectivity index is 1.95. The number of ether oxygens (including phenoxy) is 1. The maximum atomic E-state index is 11.3. The highest BCUT2D eigenvalue weighted by Crippen LogP contribution is 2.22. The fourth-order valence-electron chi connectivity index (χ4n) is 1.89. The van der Waals surface area contributed by atoms with Gasteiger partial charge >= 0.3 is 5.97 Å². The minimum absolute atomic E-state index is 0.271. The second-order valence-corrected chi connectivity index (χ2v) is 4.40. The van der Waals surface area contributed by atoms with Gasteiger partial charge in [-0.1, -0.05) is 43.0 Å². The Kier molecular flexibility index (Phi) is 3.43. The molecule has 0 aromatic heterocycles. The minimum atomic E-state index is -0.308. The van der Waals surface area contributed by atoms with E-state index in [1.54, 1.807) is 6.92 Å². The highest BCUT2D eigenvalue weighted by Gasteiger charge is 2.15. The van der Waals surface area contributed by atoms with E-state index in [0.29, 0.717) is 12.2 Å². The zero-order chi connectivity index (χ0) is 12.3. The van der Waals surface area contributed by atoms with E-state index >= 15 is 0 Å². The first kappa shape index (κ1) is 11.6. The minimum Gasteiger partial charge on any atom is -0.462 e. The van der Waals surface area contributed by atoms with Gasteiger partial charge in [0.05, 0.1) is 6.61 Å². The predicted molar refractivity (Wildman–Crippen MR) is 68.4 cm³/mol. The number of fused-ring (bicyclic) bond motifs is 1. The zero-order valence-corrected chi connectivity index (χ0v) is 9.98. The van der Waals surface area contributed by atoms with Crippen LogP contribution in [0.5, 0.6) is 0 Å². The maximum absolute atomic E-state index is 11.3. The molecule has 0 amide bonds. The summed E-state index contributed by atoms with van der Waals surface area (Å²) in [5, 5.41) is 0. The Morgan fingerprint density at radius 2 is 2.24 bits per heavy atom. The molecule has 0 radical (unpaired) electrons. The fourth-order valence-corrected chi connectivity index (χ4v) is 1.89. The van der Waals surface area contributed by atoms with Gasteiger partial charge in [-0.3, -0.25) is 0 Å². The van der Waals surface area contributed by atoms with Gasteiger partial charge < -0.3 is 4.74 Å². The Morgan fingerprint density at radius 1 is 1.47 bits per heavy atom. The lowest BCUT2D eigenvalue weighted by Crippen LogP contribution is -2.17. The first-order valence-corrected chi connectivity index (χ1v) is 5.75. The van der Waals surface area contributed by atoms with E-state index in [-0.39, 0.29) is 11.9 Å². The molecule has 0 saturated carbocycles. The van der Waals surface area contributed by atoms with Crippen LogP contribution in [0.4, 0.5) is 0 Å². The van der Waals surface area contributed by atoms with Crippen molar-refractivity contribution in [3.8, 4) is 0 Å². The standard InChI is InChI=1S/C15H16O2/c1-11(2)15(16)17-10-12-7-8-13-5-3-4-6-14(13)9-12/h3-8,12H,1,9-10H2,2H3/t12-/m1/s1. The summed E-state index contributed by atoms with van der Waals surface area (Å²) >= 11 is 0. The Hall–Kier alpha value is -1.83. The molecule has 0 saturated heterocycles. The quantitative estimate of drug-likeness (QED) is 0.587. The van der Waals surface area contributed by atoms with Gasteiger partial charge in [-0.15, -0.1) is 0 Å². The molecule has 1 aliphatic rings. The first-order chi connectivity index (χ1) is 8.16. The summed E-state index contributed by atoms with van der Waals surface area (Å²) in [7, 11) is 0. The van der Waals surface area contributed by atoms with Crippen molar-refractivity contribution in [2.24, 2.45) is 5.92 Å². The van der Waals surface area contributed by atoms with Crippen molar-refractivity contribution in [2.75, 3.05) is 6.61 Å². The van der Waals surface area contributed by atoms with Crippen LogP contribution < -0.4 is 0 Å². The van der Waals surface area contributed by atoms with Crippen molar-refractivity contribution in [2.45, 2.75) is 13.3 Å². The van der Waals surface area contributed by atoms with E-state index in [9.17, 15) is 4.79 Å². The molecule has 0 bridgehead atoms. The number of rotatable bonds is 3. The van der Waals surface area contributed by atoms with Gasteiger partial charge in [0.1, 0.15) is 0 Å². The van der Waals surface area contributed by atoms with E-state index in [1.165, 1.54) is 11.1 Å². The molecule has 0 N–H and O–H groups in total. The number of esters is 1. The average Bonchev–Trinajstić information content (AvgIpc) is 2.35. The fraction of sp³-hybridized carbons (Fsp3) is 0.267. The lowest BCUT2D eigenvalue weighted by Gasteiger charge is -2.19. The summed E-state index contributed by atoms with van der Waals surface area (Å²) in [4.78, 5) is 11.3. The summed E-state index contributed by atoms with van der Waals surface area (Å²) < 4.78 is 5.17. The van der Waals surface area contributed by atoms with E-state index < -0.39 is 0 Å². The summed E-state index contributed by atoms with van der Waals surface area (Å²) in [5.41, 5.74) is 3.02. The summed E-state index contributed by atoms with van der Waals surface area (Å²) in [6, 6.07) is 8.29. The molecule has 0 aliphatic heterocycles. The van der Waals surface area contributed by atoms with Crippen molar-refractivity contribution < 1.29 is 9.53 Å². The Bertz CT molecular complexity index is 472. The lowest BCUT2D eigenvalue weighted by molar-refractivity contribution is -0.139.